The normalized spacial score (nSPS) is 11.6. The van der Waals surface area contributed by atoms with Crippen molar-refractivity contribution in [2.75, 3.05) is 19.7 Å². The number of nitrogens with zero attached hydrogens (tertiary/aromatic N) is 3. The van der Waals surface area contributed by atoms with Crippen molar-refractivity contribution in [3.63, 3.8) is 0 Å². The fourth-order valence-electron chi connectivity index (χ4n) is 5.57. The number of amides is 2. The number of carbonyl (C=O) groups is 2. The van der Waals surface area contributed by atoms with Crippen LogP contribution < -0.4 is 16.1 Å². The van der Waals surface area contributed by atoms with E-state index >= 15 is 0 Å². The van der Waals surface area contributed by atoms with Gasteiger partial charge < -0.3 is 20.7 Å². The molecule has 44 heavy (non-hydrogen) atoms. The first kappa shape index (κ1) is 29.1. The van der Waals surface area contributed by atoms with E-state index in [1.807, 2.05) is 18.2 Å². The monoisotopic (exact) mass is 590 g/mol. The summed E-state index contributed by atoms with van der Waals surface area (Å²) in [7, 11) is 0. The topological polar surface area (TPSA) is 150 Å². The second-order valence-electron chi connectivity index (χ2n) is 11.0. The number of H-pyrrole nitrogens is 1. The predicted octanol–water partition coefficient (Wildman–Crippen LogP) is 5.14. The largest absolute Gasteiger partial charge is 0.395 e. The van der Waals surface area contributed by atoms with E-state index in [-0.39, 0.29) is 30.2 Å². The van der Waals surface area contributed by atoms with Crippen molar-refractivity contribution in [1.29, 1.82) is 0 Å². The van der Waals surface area contributed by atoms with Crippen LogP contribution in [-0.2, 0) is 0 Å². The summed E-state index contributed by atoms with van der Waals surface area (Å²) in [6, 6.07) is 16.1. The average molecular weight is 591 g/mol. The first-order chi connectivity index (χ1) is 21.5. The number of aromatic nitrogens is 4. The molecule has 0 aliphatic carbocycles. The summed E-state index contributed by atoms with van der Waals surface area (Å²) in [4.78, 5) is 56.5. The maximum Gasteiger partial charge on any atom is 0.269 e. The molecule has 6 aromatic rings. The number of fused-ring (bicyclic) bond motifs is 7. The number of rotatable bonds is 11. The van der Waals surface area contributed by atoms with Crippen molar-refractivity contribution in [3.8, 4) is 0 Å². The van der Waals surface area contributed by atoms with Gasteiger partial charge in [-0.3, -0.25) is 14.4 Å². The van der Waals surface area contributed by atoms with Gasteiger partial charge in [-0.15, -0.1) is 0 Å². The van der Waals surface area contributed by atoms with Crippen LogP contribution in [0.3, 0.4) is 0 Å². The van der Waals surface area contributed by atoms with Gasteiger partial charge in [0.2, 0.25) is 0 Å². The van der Waals surface area contributed by atoms with Gasteiger partial charge in [-0.25, -0.2) is 15.0 Å². The molecule has 0 aliphatic rings. The van der Waals surface area contributed by atoms with Crippen LogP contribution in [0.1, 0.15) is 66.4 Å². The number of carbonyl (C=O) groups excluding carboxylic acids is 2. The molecule has 0 atom stereocenters. The van der Waals surface area contributed by atoms with E-state index in [4.69, 9.17) is 15.1 Å². The lowest BCUT2D eigenvalue weighted by Gasteiger charge is -2.10. The Morgan fingerprint density at radius 1 is 0.705 bits per heavy atom. The van der Waals surface area contributed by atoms with Crippen molar-refractivity contribution in [1.82, 2.24) is 30.6 Å². The minimum Gasteiger partial charge on any atom is -0.395 e. The number of aliphatic hydroxyl groups excluding tert-OH is 1. The second kappa shape index (κ2) is 12.7. The smallest absolute Gasteiger partial charge is 0.269 e. The summed E-state index contributed by atoms with van der Waals surface area (Å²) >= 11 is 0. The lowest BCUT2D eigenvalue weighted by Crippen LogP contribution is -2.27. The number of aliphatic hydroxyl groups is 1. The van der Waals surface area contributed by atoms with Gasteiger partial charge in [0, 0.05) is 34.6 Å². The molecule has 6 rings (SSSR count). The third-order valence-electron chi connectivity index (χ3n) is 7.92. The Bertz CT molecular complexity index is 2110. The fraction of sp³-hybridized carbons (Fsp3) is 0.294. The van der Waals surface area contributed by atoms with Gasteiger partial charge >= 0.3 is 0 Å². The number of hydrogen-bond acceptors (Lipinski definition) is 7. The standard InChI is InChI=1S/C34H34N6O4/c1-2-3-4-5-6-7-16-35-33(43)25-14-11-20-8-9-22-19-24-31(42)23-13-10-21-12-15-26(34(44)36-17-18-41)38-28(21)30(23)40-32(24)39-29(22)27(20)37-25/h8-15,19,41H,2-7,16-18H2,1H3,(H,35,43)(H,36,44)(H,39,40,42). The van der Waals surface area contributed by atoms with Crippen molar-refractivity contribution in [3.05, 3.63) is 76.2 Å². The molecule has 0 radical (unpaired) electrons. The molecule has 4 aromatic heterocycles. The van der Waals surface area contributed by atoms with Gasteiger partial charge in [-0.05, 0) is 30.7 Å². The highest BCUT2D eigenvalue weighted by Gasteiger charge is 2.16. The van der Waals surface area contributed by atoms with Crippen LogP contribution in [0.5, 0.6) is 0 Å². The quantitative estimate of drug-likeness (QED) is 0.0927. The van der Waals surface area contributed by atoms with E-state index in [1.165, 1.54) is 25.7 Å². The van der Waals surface area contributed by atoms with Gasteiger partial charge in [0.15, 0.2) is 5.43 Å². The first-order valence-electron chi connectivity index (χ1n) is 15.2. The Kier molecular flexibility index (Phi) is 8.42. The molecule has 4 N–H and O–H groups in total. The van der Waals surface area contributed by atoms with E-state index in [0.717, 1.165) is 29.0 Å². The zero-order valence-corrected chi connectivity index (χ0v) is 24.6. The zero-order valence-electron chi connectivity index (χ0n) is 24.6. The van der Waals surface area contributed by atoms with E-state index in [0.29, 0.717) is 50.7 Å². The Morgan fingerprint density at radius 3 is 2.05 bits per heavy atom. The van der Waals surface area contributed by atoms with Crippen LogP contribution in [0.15, 0.2) is 59.4 Å². The SMILES string of the molecule is CCCCCCCCNC(=O)c1ccc2ccc3cc4c(=O)c5ccc6ccc(C(=O)NCCO)nc6c5[nH]c4nc3c2n1. The summed E-state index contributed by atoms with van der Waals surface area (Å²) in [5.41, 5.74) is 2.68. The van der Waals surface area contributed by atoms with Crippen molar-refractivity contribution >= 4 is 66.5 Å². The van der Waals surface area contributed by atoms with Crippen LogP contribution >= 0.6 is 0 Å². The first-order valence-corrected chi connectivity index (χ1v) is 15.2. The summed E-state index contributed by atoms with van der Waals surface area (Å²) in [5.74, 6) is -0.649. The van der Waals surface area contributed by atoms with E-state index < -0.39 is 5.91 Å². The summed E-state index contributed by atoms with van der Waals surface area (Å²) in [6.07, 6.45) is 6.87. The molecule has 0 saturated heterocycles. The lowest BCUT2D eigenvalue weighted by molar-refractivity contribution is 0.0935. The molecular formula is C34H34N6O4. The van der Waals surface area contributed by atoms with Crippen LogP contribution in [0, 0.1) is 0 Å². The van der Waals surface area contributed by atoms with Crippen LogP contribution in [0.2, 0.25) is 0 Å². The van der Waals surface area contributed by atoms with Gasteiger partial charge in [0.05, 0.1) is 34.1 Å². The van der Waals surface area contributed by atoms with Crippen LogP contribution in [0.4, 0.5) is 0 Å². The number of hydrogen-bond donors (Lipinski definition) is 4. The summed E-state index contributed by atoms with van der Waals surface area (Å²) in [5, 5.41) is 17.8. The van der Waals surface area contributed by atoms with E-state index in [1.54, 1.807) is 36.4 Å². The lowest BCUT2D eigenvalue weighted by atomic mass is 10.1. The Morgan fingerprint density at radius 2 is 1.30 bits per heavy atom. The highest BCUT2D eigenvalue weighted by atomic mass is 16.3. The Balaban J connectivity index is 1.39. The number of unbranched alkanes of at least 4 members (excludes halogenated alkanes) is 5. The van der Waals surface area contributed by atoms with E-state index in [9.17, 15) is 14.4 Å². The third kappa shape index (κ3) is 5.68. The minimum atomic E-state index is -0.422. The molecule has 0 unspecified atom stereocenters. The average Bonchev–Trinajstić information content (AvgIpc) is 3.05. The maximum absolute atomic E-state index is 13.7. The molecule has 0 saturated carbocycles. The molecule has 10 nitrogen and oxygen atoms in total. The molecule has 4 heterocycles. The Hall–Kier alpha value is -4.96. The highest BCUT2D eigenvalue weighted by molar-refractivity contribution is 6.11. The van der Waals surface area contributed by atoms with Crippen LogP contribution in [-0.4, -0.2) is 56.6 Å². The number of benzene rings is 2. The Labute approximate surface area is 252 Å². The summed E-state index contributed by atoms with van der Waals surface area (Å²) in [6.45, 7) is 2.72. The molecule has 0 spiro atoms. The zero-order chi connectivity index (χ0) is 30.6. The third-order valence-corrected chi connectivity index (χ3v) is 7.92. The second-order valence-corrected chi connectivity index (χ2v) is 11.0. The number of aromatic amines is 1. The van der Waals surface area contributed by atoms with Crippen molar-refractivity contribution < 1.29 is 14.7 Å². The summed E-state index contributed by atoms with van der Waals surface area (Å²) < 4.78 is 0. The van der Waals surface area contributed by atoms with Gasteiger partial charge in [-0.1, -0.05) is 69.4 Å². The molecule has 10 heteroatoms. The number of nitrogens with one attached hydrogen (secondary N) is 3. The predicted molar refractivity (Wildman–Crippen MR) is 173 cm³/mol. The fourth-order valence-corrected chi connectivity index (χ4v) is 5.57. The van der Waals surface area contributed by atoms with Crippen molar-refractivity contribution in [2.45, 2.75) is 45.4 Å². The molecule has 0 bridgehead atoms. The van der Waals surface area contributed by atoms with Gasteiger partial charge in [0.25, 0.3) is 11.8 Å². The molecular weight excluding hydrogens is 556 g/mol. The highest BCUT2D eigenvalue weighted by Crippen LogP contribution is 2.27. The van der Waals surface area contributed by atoms with Gasteiger partial charge in [-0.2, -0.15) is 0 Å². The molecule has 2 aromatic carbocycles. The molecule has 224 valence electrons. The van der Waals surface area contributed by atoms with Crippen LogP contribution in [0.25, 0.3) is 54.6 Å². The number of pyridine rings is 4. The van der Waals surface area contributed by atoms with E-state index in [2.05, 4.69) is 27.5 Å². The molecule has 2 amide bonds. The van der Waals surface area contributed by atoms with Gasteiger partial charge in [0.1, 0.15) is 17.0 Å². The minimum absolute atomic E-state index is 0.108. The molecule has 0 fully saturated rings. The van der Waals surface area contributed by atoms with Crippen molar-refractivity contribution in [2.24, 2.45) is 0 Å². The maximum atomic E-state index is 13.7. The molecule has 0 aliphatic heterocycles.